The van der Waals surface area contributed by atoms with Gasteiger partial charge >= 0.3 is 0 Å². The van der Waals surface area contributed by atoms with Crippen LogP contribution in [0.4, 0.5) is 0 Å². The zero-order valence-corrected chi connectivity index (χ0v) is 21.0. The molecule has 30 heavy (non-hydrogen) atoms. The Kier molecular flexibility index (Phi) is 6.50. The molecule has 2 aliphatic heterocycles. The van der Waals surface area contributed by atoms with Crippen LogP contribution in [0.1, 0.15) is 0 Å². The van der Waals surface area contributed by atoms with Crippen molar-refractivity contribution in [2.45, 2.75) is 9.79 Å². The predicted molar refractivity (Wildman–Crippen MR) is 141 cm³/mol. The zero-order valence-electron chi connectivity index (χ0n) is 16.1. The van der Waals surface area contributed by atoms with E-state index in [0.29, 0.717) is 0 Å². The molecule has 5 rings (SSSR count). The van der Waals surface area contributed by atoms with Crippen molar-refractivity contribution < 1.29 is 0 Å². The van der Waals surface area contributed by atoms with Crippen LogP contribution in [0.5, 0.6) is 0 Å². The Morgan fingerprint density at radius 3 is 2.03 bits per heavy atom. The fourth-order valence-electron chi connectivity index (χ4n) is 2.99. The number of hydrogen-bond acceptors (Lipinski definition) is 8. The summed E-state index contributed by atoms with van der Waals surface area (Å²) < 4.78 is 5.66. The summed E-state index contributed by atoms with van der Waals surface area (Å²) in [4.78, 5) is 11.7. The first-order chi connectivity index (χ1) is 14.7. The Balaban J connectivity index is 1.37. The lowest BCUT2D eigenvalue weighted by Gasteiger charge is -2.05. The molecule has 2 nitrogen and oxygen atoms in total. The molecule has 0 saturated heterocycles. The van der Waals surface area contributed by atoms with Crippen molar-refractivity contribution in [3.8, 4) is 22.5 Å². The van der Waals surface area contributed by atoms with Crippen LogP contribution in [0, 0.1) is 0 Å². The second kappa shape index (κ2) is 9.30. The predicted octanol–water partition coefficient (Wildman–Crippen LogP) is 8.47. The molecular formula is C22H16N2S6. The highest BCUT2D eigenvalue weighted by Gasteiger charge is 2.28. The fourth-order valence-corrected chi connectivity index (χ4v) is 10.8. The minimum atomic E-state index is 0.898. The van der Waals surface area contributed by atoms with Crippen LogP contribution >= 0.6 is 70.6 Å². The van der Waals surface area contributed by atoms with E-state index in [1.807, 2.05) is 101 Å². The number of fused-ring (bicyclic) bond motifs is 1. The number of benzene rings is 1. The Bertz CT molecular complexity index is 1140. The molecule has 150 valence electrons. The molecule has 0 unspecified atom stereocenters. The normalized spacial score (nSPS) is 15.8. The molecule has 2 aromatic heterocycles. The average Bonchev–Trinajstić information content (AvgIpc) is 3.43. The molecule has 0 atom stereocenters. The maximum atomic E-state index is 4.63. The average molecular weight is 501 g/mol. The summed E-state index contributed by atoms with van der Waals surface area (Å²) >= 11 is 11.3. The van der Waals surface area contributed by atoms with Gasteiger partial charge in [-0.2, -0.15) is 0 Å². The largest absolute Gasteiger partial charge is 0.255 e. The molecule has 0 saturated carbocycles. The summed E-state index contributed by atoms with van der Waals surface area (Å²) in [6.07, 6.45) is 8.07. The molecule has 0 fully saturated rings. The van der Waals surface area contributed by atoms with E-state index in [4.69, 9.17) is 0 Å². The Labute approximate surface area is 202 Å². The van der Waals surface area contributed by atoms with E-state index in [1.165, 1.54) is 32.3 Å². The summed E-state index contributed by atoms with van der Waals surface area (Å²) in [5, 5.41) is 0. The van der Waals surface area contributed by atoms with Crippen molar-refractivity contribution in [2.24, 2.45) is 0 Å². The van der Waals surface area contributed by atoms with Gasteiger partial charge in [0.15, 0.2) is 0 Å². The minimum absolute atomic E-state index is 0.898. The second-order valence-corrected chi connectivity index (χ2v) is 13.1. The van der Waals surface area contributed by atoms with E-state index in [0.717, 1.165) is 17.0 Å². The molecule has 2 aliphatic rings. The number of hydrogen-bond donors (Lipinski definition) is 0. The molecular weight excluding hydrogens is 485 g/mol. The molecule has 4 heterocycles. The lowest BCUT2D eigenvalue weighted by atomic mass is 10.1. The van der Waals surface area contributed by atoms with Crippen LogP contribution in [-0.2, 0) is 0 Å². The molecule has 8 heteroatoms. The van der Waals surface area contributed by atoms with E-state index >= 15 is 0 Å². The smallest absolute Gasteiger partial charge is 0.0886 e. The third kappa shape index (κ3) is 4.23. The van der Waals surface area contributed by atoms with Gasteiger partial charge in [-0.15, -0.1) is 23.5 Å². The molecule has 0 bridgehead atoms. The summed E-state index contributed by atoms with van der Waals surface area (Å²) in [7, 11) is 0. The van der Waals surface area contributed by atoms with Gasteiger partial charge in [-0.25, -0.2) is 0 Å². The Morgan fingerprint density at radius 2 is 1.37 bits per heavy atom. The monoisotopic (exact) mass is 500 g/mol. The molecule has 0 spiro atoms. The lowest BCUT2D eigenvalue weighted by molar-refractivity contribution is 1.24. The molecule has 3 aromatic rings. The Hall–Kier alpha value is -0.900. The van der Waals surface area contributed by atoms with Gasteiger partial charge in [-0.05, 0) is 48.4 Å². The van der Waals surface area contributed by atoms with E-state index < -0.39 is 0 Å². The maximum Gasteiger partial charge on any atom is 0.0886 e. The summed E-state index contributed by atoms with van der Waals surface area (Å²) in [5.41, 5.74) is 4.13. The van der Waals surface area contributed by atoms with E-state index in [2.05, 4.69) is 46.7 Å². The van der Waals surface area contributed by atoms with Gasteiger partial charge in [0, 0.05) is 27.7 Å². The van der Waals surface area contributed by atoms with Gasteiger partial charge in [0.25, 0.3) is 0 Å². The number of nitrogens with zero attached hydrogens (tertiary/aromatic N) is 2. The standard InChI is InChI=1S/C22H16N2S6/c1-25-19-20(26-2)30-22(29-19)21-27-17-9-7-13(11-18(17)28-21)14-6-8-16(24-12-14)15-5-3-4-10-23-15/h3-12H,1-2H3. The third-order valence-electron chi connectivity index (χ3n) is 4.45. The first kappa shape index (κ1) is 21.0. The van der Waals surface area contributed by atoms with Gasteiger partial charge in [-0.1, -0.05) is 65.2 Å². The van der Waals surface area contributed by atoms with Gasteiger partial charge in [-0.3, -0.25) is 9.97 Å². The van der Waals surface area contributed by atoms with Crippen molar-refractivity contribution in [1.82, 2.24) is 9.97 Å². The zero-order chi connectivity index (χ0) is 20.5. The van der Waals surface area contributed by atoms with Gasteiger partial charge < -0.3 is 0 Å². The van der Waals surface area contributed by atoms with Crippen LogP contribution in [-0.4, -0.2) is 22.5 Å². The van der Waals surface area contributed by atoms with Crippen LogP contribution in [0.2, 0.25) is 0 Å². The van der Waals surface area contributed by atoms with Gasteiger partial charge in [0.2, 0.25) is 0 Å². The summed E-state index contributed by atoms with van der Waals surface area (Å²) in [5.74, 6) is 0. The summed E-state index contributed by atoms with van der Waals surface area (Å²) in [6.45, 7) is 0. The van der Waals surface area contributed by atoms with E-state index in [9.17, 15) is 0 Å². The minimum Gasteiger partial charge on any atom is -0.255 e. The molecule has 0 N–H and O–H groups in total. The molecule has 0 radical (unpaired) electrons. The van der Waals surface area contributed by atoms with Crippen molar-refractivity contribution in [1.29, 1.82) is 0 Å². The number of thioether (sulfide) groups is 6. The SMILES string of the molecule is CSC1=C(SC)SC(=C2Sc3ccc(-c4ccc(-c5ccccn5)nc4)cc3S2)S1. The summed E-state index contributed by atoms with van der Waals surface area (Å²) in [6, 6.07) is 16.8. The van der Waals surface area contributed by atoms with Crippen molar-refractivity contribution in [2.75, 3.05) is 12.5 Å². The number of pyridine rings is 2. The van der Waals surface area contributed by atoms with E-state index in [-0.39, 0.29) is 0 Å². The maximum absolute atomic E-state index is 4.63. The molecule has 0 amide bonds. The van der Waals surface area contributed by atoms with Gasteiger partial charge in [0.05, 0.1) is 28.3 Å². The first-order valence-corrected chi connectivity index (χ1v) is 14.8. The topological polar surface area (TPSA) is 25.8 Å². The lowest BCUT2D eigenvalue weighted by Crippen LogP contribution is -1.87. The Morgan fingerprint density at radius 1 is 0.667 bits per heavy atom. The third-order valence-corrected chi connectivity index (χ3v) is 12.7. The highest BCUT2D eigenvalue weighted by molar-refractivity contribution is 8.41. The quantitative estimate of drug-likeness (QED) is 0.352. The van der Waals surface area contributed by atoms with Crippen molar-refractivity contribution in [3.63, 3.8) is 0 Å². The highest BCUT2D eigenvalue weighted by atomic mass is 32.3. The van der Waals surface area contributed by atoms with Gasteiger partial charge in [0.1, 0.15) is 0 Å². The second-order valence-electron chi connectivity index (χ2n) is 6.27. The van der Waals surface area contributed by atoms with Crippen LogP contribution in [0.3, 0.4) is 0 Å². The van der Waals surface area contributed by atoms with Crippen LogP contribution < -0.4 is 0 Å². The van der Waals surface area contributed by atoms with Crippen LogP contribution in [0.25, 0.3) is 22.5 Å². The number of rotatable bonds is 4. The molecule has 1 aromatic carbocycles. The molecule has 0 aliphatic carbocycles. The van der Waals surface area contributed by atoms with Crippen molar-refractivity contribution >= 4 is 70.6 Å². The van der Waals surface area contributed by atoms with E-state index in [1.54, 1.807) is 6.20 Å². The van der Waals surface area contributed by atoms with Crippen LogP contribution in [0.15, 0.2) is 87.7 Å². The highest BCUT2D eigenvalue weighted by Crippen LogP contribution is 2.63. The number of aromatic nitrogens is 2. The fraction of sp³-hybridized carbons (Fsp3) is 0.0909. The van der Waals surface area contributed by atoms with Crippen molar-refractivity contribution in [3.05, 3.63) is 77.9 Å². The first-order valence-electron chi connectivity index (χ1n) is 9.05.